The van der Waals surface area contributed by atoms with E-state index in [9.17, 15) is 0 Å². The molecule has 0 saturated carbocycles. The molecule has 0 bridgehead atoms. The summed E-state index contributed by atoms with van der Waals surface area (Å²) in [6.45, 7) is 1.99. The zero-order valence-electron chi connectivity index (χ0n) is 10.9. The molecule has 0 aromatic carbocycles. The molecule has 20 heavy (non-hydrogen) atoms. The minimum absolute atomic E-state index is 0. The first kappa shape index (κ1) is 14.4. The fourth-order valence-corrected chi connectivity index (χ4v) is 1.97. The number of pyridine rings is 2. The first-order valence-corrected chi connectivity index (χ1v) is 6.13. The van der Waals surface area contributed by atoms with Gasteiger partial charge in [-0.15, -0.1) is 0 Å². The molecule has 0 spiro atoms. The molecule has 0 atom stereocenters. The molecule has 4 nitrogen and oxygen atoms in total. The van der Waals surface area contributed by atoms with Crippen molar-refractivity contribution in [2.75, 3.05) is 0 Å². The van der Waals surface area contributed by atoms with Crippen LogP contribution in [0.3, 0.4) is 0 Å². The van der Waals surface area contributed by atoms with Crippen LogP contribution in [0.25, 0.3) is 11.4 Å². The van der Waals surface area contributed by atoms with E-state index in [1.54, 1.807) is 6.20 Å². The van der Waals surface area contributed by atoms with Crippen LogP contribution < -0.4 is 4.98 Å². The molecule has 0 radical (unpaired) electrons. The summed E-state index contributed by atoms with van der Waals surface area (Å²) < 4.78 is 0. The third-order valence-electron chi connectivity index (χ3n) is 2.84. The minimum Gasteiger partial charge on any atom is -0.449 e. The quantitative estimate of drug-likeness (QED) is 0.697. The van der Waals surface area contributed by atoms with Crippen LogP contribution in [0.5, 0.6) is 0 Å². The number of imidazole rings is 1. The Balaban J connectivity index is 0.00000147. The molecule has 0 amide bonds. The van der Waals surface area contributed by atoms with Gasteiger partial charge in [0, 0.05) is 23.5 Å². The predicted molar refractivity (Wildman–Crippen MR) is 72.6 cm³/mol. The first-order chi connectivity index (χ1) is 9.31. The standard InChI is InChI=1S/C15H13N4.Cu/c1-11-4-2-5-12(18-11)8-13-6-3-7-14(19-13)15-9-16-10-17-15;/h2-7,9-10H,8H2,1H3;/q-1;+1. The Hall–Kier alpha value is -1.97. The Morgan fingerprint density at radius 1 is 1.00 bits per heavy atom. The van der Waals surface area contributed by atoms with Crippen molar-refractivity contribution < 1.29 is 17.1 Å². The number of hydrogen-bond donors (Lipinski definition) is 0. The van der Waals surface area contributed by atoms with Gasteiger partial charge >= 0.3 is 17.1 Å². The van der Waals surface area contributed by atoms with Gasteiger partial charge in [-0.25, -0.2) is 0 Å². The van der Waals surface area contributed by atoms with Crippen LogP contribution >= 0.6 is 0 Å². The van der Waals surface area contributed by atoms with Gasteiger partial charge in [-0.3, -0.25) is 9.97 Å². The summed E-state index contributed by atoms with van der Waals surface area (Å²) in [7, 11) is 0. The van der Waals surface area contributed by atoms with E-state index in [4.69, 9.17) is 0 Å². The van der Waals surface area contributed by atoms with E-state index in [0.29, 0.717) is 0 Å². The average Bonchev–Trinajstić information content (AvgIpc) is 2.93. The Labute approximate surface area is 128 Å². The summed E-state index contributed by atoms with van der Waals surface area (Å²) in [6.07, 6.45) is 3.98. The van der Waals surface area contributed by atoms with Gasteiger partial charge in [0.1, 0.15) is 0 Å². The van der Waals surface area contributed by atoms with E-state index in [-0.39, 0.29) is 17.1 Å². The van der Waals surface area contributed by atoms with Crippen molar-refractivity contribution in [1.29, 1.82) is 0 Å². The van der Waals surface area contributed by atoms with Crippen LogP contribution in [0.2, 0.25) is 0 Å². The van der Waals surface area contributed by atoms with Gasteiger partial charge in [0.2, 0.25) is 0 Å². The normalized spacial score (nSPS) is 10.1. The monoisotopic (exact) mass is 312 g/mol. The molecule has 0 aliphatic carbocycles. The average molecular weight is 313 g/mol. The molecule has 0 aliphatic heterocycles. The Bertz CT molecular complexity index is 680. The van der Waals surface area contributed by atoms with Gasteiger partial charge < -0.3 is 9.97 Å². The second kappa shape index (κ2) is 6.46. The van der Waals surface area contributed by atoms with Crippen LogP contribution in [0, 0.1) is 6.92 Å². The van der Waals surface area contributed by atoms with Crippen molar-refractivity contribution in [3.8, 4) is 11.4 Å². The van der Waals surface area contributed by atoms with E-state index in [1.165, 1.54) is 6.33 Å². The molecule has 3 heterocycles. The topological polar surface area (TPSA) is 52.8 Å². The van der Waals surface area contributed by atoms with Crippen LogP contribution in [0.1, 0.15) is 17.1 Å². The minimum atomic E-state index is 0. The molecule has 3 aromatic rings. The van der Waals surface area contributed by atoms with Gasteiger partial charge in [-0.05, 0) is 36.9 Å². The van der Waals surface area contributed by atoms with Crippen LogP contribution in [0.4, 0.5) is 0 Å². The zero-order chi connectivity index (χ0) is 13.1. The van der Waals surface area contributed by atoms with Gasteiger partial charge in [0.15, 0.2) is 0 Å². The van der Waals surface area contributed by atoms with Crippen molar-refractivity contribution in [3.05, 3.63) is 66.0 Å². The van der Waals surface area contributed by atoms with Crippen LogP contribution in [0.15, 0.2) is 48.9 Å². The van der Waals surface area contributed by atoms with Gasteiger partial charge in [0.25, 0.3) is 0 Å². The first-order valence-electron chi connectivity index (χ1n) is 6.13. The third kappa shape index (κ3) is 3.32. The molecular weight excluding hydrogens is 300 g/mol. The number of hydrogen-bond acceptors (Lipinski definition) is 3. The van der Waals surface area contributed by atoms with E-state index < -0.39 is 0 Å². The van der Waals surface area contributed by atoms with E-state index in [0.717, 1.165) is 34.9 Å². The van der Waals surface area contributed by atoms with Crippen LogP contribution in [-0.2, 0) is 23.5 Å². The van der Waals surface area contributed by atoms with Crippen molar-refractivity contribution in [3.63, 3.8) is 0 Å². The molecule has 0 unspecified atom stereocenters. The Morgan fingerprint density at radius 2 is 1.75 bits per heavy atom. The molecule has 3 rings (SSSR count). The number of nitrogens with zero attached hydrogens (tertiary/aromatic N) is 4. The van der Waals surface area contributed by atoms with Crippen molar-refractivity contribution in [2.45, 2.75) is 13.3 Å². The van der Waals surface area contributed by atoms with Gasteiger partial charge in [0.05, 0.1) is 5.69 Å². The maximum absolute atomic E-state index is 4.60. The summed E-state index contributed by atoms with van der Waals surface area (Å²) in [5.41, 5.74) is 4.69. The summed E-state index contributed by atoms with van der Waals surface area (Å²) in [5.74, 6) is 0. The van der Waals surface area contributed by atoms with E-state index in [1.807, 2.05) is 43.3 Å². The second-order valence-electron chi connectivity index (χ2n) is 4.37. The van der Waals surface area contributed by atoms with Crippen molar-refractivity contribution in [1.82, 2.24) is 19.9 Å². The summed E-state index contributed by atoms with van der Waals surface area (Å²) in [4.78, 5) is 17.2. The summed E-state index contributed by atoms with van der Waals surface area (Å²) in [5, 5.41) is 0. The molecule has 0 saturated heterocycles. The molecule has 0 fully saturated rings. The maximum atomic E-state index is 4.60. The van der Waals surface area contributed by atoms with Crippen molar-refractivity contribution >= 4 is 0 Å². The summed E-state index contributed by atoms with van der Waals surface area (Å²) >= 11 is 0. The number of rotatable bonds is 3. The number of aryl methyl sites for hydroxylation is 1. The van der Waals surface area contributed by atoms with Crippen LogP contribution in [-0.4, -0.2) is 15.0 Å². The molecule has 0 aliphatic rings. The summed E-state index contributed by atoms with van der Waals surface area (Å²) in [6, 6.07) is 12.0. The van der Waals surface area contributed by atoms with E-state index >= 15 is 0 Å². The SMILES string of the molecule is Cc1cccc(Cc2cccc(-c3cnc[n-]3)n2)n1.[Cu+]. The Kier molecular flexibility index (Phi) is 4.66. The molecular formula is C15H13CuN4. The van der Waals surface area contributed by atoms with E-state index in [2.05, 4.69) is 19.9 Å². The molecule has 3 aromatic heterocycles. The molecule has 104 valence electrons. The second-order valence-corrected chi connectivity index (χ2v) is 4.37. The fourth-order valence-electron chi connectivity index (χ4n) is 1.97. The number of aromatic nitrogens is 4. The Morgan fingerprint density at radius 3 is 2.45 bits per heavy atom. The predicted octanol–water partition coefficient (Wildman–Crippen LogP) is 2.39. The zero-order valence-corrected chi connectivity index (χ0v) is 11.9. The van der Waals surface area contributed by atoms with Gasteiger partial charge in [-0.1, -0.05) is 24.7 Å². The smallest absolute Gasteiger partial charge is 0.449 e. The fraction of sp³-hybridized carbons (Fsp3) is 0.133. The third-order valence-corrected chi connectivity index (χ3v) is 2.84. The maximum Gasteiger partial charge on any atom is 1.00 e. The van der Waals surface area contributed by atoms with Gasteiger partial charge in [-0.2, -0.15) is 0 Å². The van der Waals surface area contributed by atoms with Crippen molar-refractivity contribution in [2.24, 2.45) is 0 Å². The molecule has 0 N–H and O–H groups in total. The molecule has 5 heteroatoms. The largest absolute Gasteiger partial charge is 1.00 e.